The van der Waals surface area contributed by atoms with Gasteiger partial charge in [0.2, 0.25) is 0 Å². The Hall–Kier alpha value is -1.51. The molecule has 0 aliphatic heterocycles. The van der Waals surface area contributed by atoms with Gasteiger partial charge in [0.05, 0.1) is 10.2 Å². The fraction of sp³-hybridized carbons (Fsp3) is 0.222. The number of aromatic nitrogens is 1. The number of fused-ring (bicyclic) bond motifs is 1. The summed E-state index contributed by atoms with van der Waals surface area (Å²) in [5.41, 5.74) is 1.89. The summed E-state index contributed by atoms with van der Waals surface area (Å²) in [6.07, 6.45) is 0.466. The van der Waals surface area contributed by atoms with Crippen molar-refractivity contribution in [1.82, 2.24) is 10.3 Å². The third kappa shape index (κ3) is 5.25. The third-order valence-corrected chi connectivity index (χ3v) is 6.30. The van der Waals surface area contributed by atoms with Gasteiger partial charge in [0.25, 0.3) is 0 Å². The standard InChI is InChI=1S/C18H15BrF2N2OS2/c19-18(20,21)16(24)22-13(10-12-6-2-1-3-7-12)11-25-17-23-14-8-4-5-9-15(14)26-17/h1-9,13H,10-11H2,(H,22,24)/t13-/m0/s1. The Morgan fingerprint density at radius 3 is 2.58 bits per heavy atom. The number of benzene rings is 2. The van der Waals surface area contributed by atoms with Gasteiger partial charge in [-0.2, -0.15) is 8.78 Å². The SMILES string of the molecule is O=C(N[C@H](CSc1nc2ccccc2s1)Cc1ccccc1)C(F)(F)Br. The molecule has 0 aliphatic carbocycles. The van der Waals surface area contributed by atoms with Crippen LogP contribution in [0.5, 0.6) is 0 Å². The Kier molecular flexibility index (Phi) is 6.26. The Morgan fingerprint density at radius 1 is 1.19 bits per heavy atom. The van der Waals surface area contributed by atoms with E-state index in [0.717, 1.165) is 20.1 Å². The average Bonchev–Trinajstić information content (AvgIpc) is 3.02. The Morgan fingerprint density at radius 2 is 1.88 bits per heavy atom. The van der Waals surface area contributed by atoms with Crippen LogP contribution in [0.4, 0.5) is 8.78 Å². The second kappa shape index (κ2) is 8.45. The lowest BCUT2D eigenvalue weighted by atomic mass is 10.1. The highest BCUT2D eigenvalue weighted by Crippen LogP contribution is 2.30. The Labute approximate surface area is 166 Å². The number of carbonyl (C=O) groups excluding carboxylic acids is 1. The van der Waals surface area contributed by atoms with Gasteiger partial charge in [0, 0.05) is 27.7 Å². The number of alkyl halides is 3. The van der Waals surface area contributed by atoms with Crippen molar-refractivity contribution in [2.24, 2.45) is 0 Å². The van der Waals surface area contributed by atoms with Gasteiger partial charge < -0.3 is 5.32 Å². The van der Waals surface area contributed by atoms with Gasteiger partial charge in [0.1, 0.15) is 0 Å². The molecule has 0 saturated heterocycles. The van der Waals surface area contributed by atoms with Gasteiger partial charge in [-0.1, -0.05) is 54.2 Å². The number of carbonyl (C=O) groups is 1. The van der Waals surface area contributed by atoms with Crippen LogP contribution in [-0.2, 0) is 11.2 Å². The molecule has 3 aromatic rings. The van der Waals surface area contributed by atoms with Crippen molar-refractivity contribution in [2.75, 3.05) is 5.75 Å². The van der Waals surface area contributed by atoms with Crippen LogP contribution in [0.1, 0.15) is 5.56 Å². The minimum absolute atomic E-state index is 0.440. The number of nitrogens with zero attached hydrogens (tertiary/aromatic N) is 1. The first kappa shape index (κ1) is 19.3. The first-order chi connectivity index (χ1) is 12.4. The normalized spacial score (nSPS) is 12.9. The fourth-order valence-corrected chi connectivity index (χ4v) is 4.63. The molecule has 8 heteroatoms. The summed E-state index contributed by atoms with van der Waals surface area (Å²) in [5, 5.41) is 2.43. The van der Waals surface area contributed by atoms with Crippen LogP contribution in [0, 0.1) is 0 Å². The van der Waals surface area contributed by atoms with Crippen molar-refractivity contribution in [2.45, 2.75) is 21.6 Å². The maximum atomic E-state index is 13.2. The maximum absolute atomic E-state index is 13.2. The van der Waals surface area contributed by atoms with Gasteiger partial charge in [0.15, 0.2) is 4.34 Å². The van der Waals surface area contributed by atoms with Crippen LogP contribution in [-0.4, -0.2) is 27.5 Å². The van der Waals surface area contributed by atoms with Crippen LogP contribution >= 0.6 is 39.0 Å². The molecule has 136 valence electrons. The molecule has 3 nitrogen and oxygen atoms in total. The lowest BCUT2D eigenvalue weighted by Crippen LogP contribution is -2.44. The van der Waals surface area contributed by atoms with Crippen molar-refractivity contribution in [3.8, 4) is 0 Å². The molecule has 0 radical (unpaired) electrons. The number of nitrogens with one attached hydrogen (secondary N) is 1. The summed E-state index contributed by atoms with van der Waals surface area (Å²) in [4.78, 5) is 12.6. The number of amides is 1. The average molecular weight is 457 g/mol. The maximum Gasteiger partial charge on any atom is 0.377 e. The second-order valence-corrected chi connectivity index (χ2v) is 8.91. The van der Waals surface area contributed by atoms with Crippen LogP contribution in [0.25, 0.3) is 10.2 Å². The largest absolute Gasteiger partial charge is 0.377 e. The summed E-state index contributed by atoms with van der Waals surface area (Å²) in [7, 11) is 0. The van der Waals surface area contributed by atoms with Crippen LogP contribution in [0.15, 0.2) is 58.9 Å². The molecule has 1 aromatic heterocycles. The number of rotatable bonds is 7. The molecular weight excluding hydrogens is 442 g/mol. The lowest BCUT2D eigenvalue weighted by Gasteiger charge is -2.19. The van der Waals surface area contributed by atoms with Crippen molar-refractivity contribution in [3.63, 3.8) is 0 Å². The van der Waals surface area contributed by atoms with E-state index in [-0.39, 0.29) is 0 Å². The van der Waals surface area contributed by atoms with E-state index in [1.807, 2.05) is 54.6 Å². The van der Waals surface area contributed by atoms with E-state index in [1.54, 1.807) is 11.3 Å². The molecule has 0 unspecified atom stereocenters. The number of hydrogen-bond acceptors (Lipinski definition) is 4. The minimum Gasteiger partial charge on any atom is -0.346 e. The Bertz CT molecular complexity index is 851. The lowest BCUT2D eigenvalue weighted by molar-refractivity contribution is -0.134. The summed E-state index contributed by atoms with van der Waals surface area (Å²) in [5.74, 6) is -0.882. The third-order valence-electron chi connectivity index (χ3n) is 3.60. The Balaban J connectivity index is 1.70. The van der Waals surface area contributed by atoms with Gasteiger partial charge in [-0.3, -0.25) is 4.79 Å². The number of thiazole rings is 1. The second-order valence-electron chi connectivity index (χ2n) is 5.62. The number of para-hydroxylation sites is 1. The monoisotopic (exact) mass is 456 g/mol. The zero-order chi connectivity index (χ0) is 18.6. The first-order valence-corrected chi connectivity index (χ1v) is 10.4. The van der Waals surface area contributed by atoms with Crippen LogP contribution in [0.2, 0.25) is 0 Å². The fourth-order valence-electron chi connectivity index (χ4n) is 2.40. The van der Waals surface area contributed by atoms with E-state index in [0.29, 0.717) is 12.2 Å². The molecular formula is C18H15BrF2N2OS2. The van der Waals surface area contributed by atoms with Crippen molar-refractivity contribution in [3.05, 3.63) is 60.2 Å². The predicted molar refractivity (Wildman–Crippen MR) is 106 cm³/mol. The molecule has 1 amide bonds. The van der Waals surface area contributed by atoms with Crippen LogP contribution in [0.3, 0.4) is 0 Å². The van der Waals surface area contributed by atoms with E-state index >= 15 is 0 Å². The number of hydrogen-bond donors (Lipinski definition) is 1. The first-order valence-electron chi connectivity index (χ1n) is 7.82. The molecule has 0 spiro atoms. The van der Waals surface area contributed by atoms with Gasteiger partial charge >= 0.3 is 10.7 Å². The summed E-state index contributed by atoms with van der Waals surface area (Å²) in [6, 6.07) is 16.8. The smallest absolute Gasteiger partial charge is 0.346 e. The molecule has 0 aliphatic rings. The van der Waals surface area contributed by atoms with E-state index in [1.165, 1.54) is 11.8 Å². The van der Waals surface area contributed by atoms with Gasteiger partial charge in [-0.15, -0.1) is 11.3 Å². The summed E-state index contributed by atoms with van der Waals surface area (Å²) < 4.78 is 28.3. The summed E-state index contributed by atoms with van der Waals surface area (Å²) >= 11 is 5.13. The van der Waals surface area contributed by atoms with E-state index < -0.39 is 16.8 Å². The van der Waals surface area contributed by atoms with Crippen molar-refractivity contribution in [1.29, 1.82) is 0 Å². The molecule has 0 fully saturated rings. The van der Waals surface area contributed by atoms with Gasteiger partial charge in [-0.05, 0) is 24.1 Å². The molecule has 0 bridgehead atoms. The van der Waals surface area contributed by atoms with E-state index in [4.69, 9.17) is 0 Å². The van der Waals surface area contributed by atoms with Gasteiger partial charge in [-0.25, -0.2) is 4.98 Å². The van der Waals surface area contributed by atoms with Crippen molar-refractivity contribution >= 4 is 55.2 Å². The predicted octanol–water partition coefficient (Wildman–Crippen LogP) is 5.10. The zero-order valence-corrected chi connectivity index (χ0v) is 16.7. The number of thioether (sulfide) groups is 1. The summed E-state index contributed by atoms with van der Waals surface area (Å²) in [6.45, 7) is 0. The zero-order valence-electron chi connectivity index (χ0n) is 13.5. The molecule has 1 atom stereocenters. The highest BCUT2D eigenvalue weighted by atomic mass is 79.9. The van der Waals surface area contributed by atoms with Crippen molar-refractivity contribution < 1.29 is 13.6 Å². The van der Waals surface area contributed by atoms with E-state index in [2.05, 4.69) is 26.2 Å². The molecule has 26 heavy (non-hydrogen) atoms. The molecule has 0 saturated carbocycles. The van der Waals surface area contributed by atoms with Crippen LogP contribution < -0.4 is 5.32 Å². The molecule has 3 rings (SSSR count). The highest BCUT2D eigenvalue weighted by molar-refractivity contribution is 9.10. The molecule has 1 heterocycles. The quantitative estimate of drug-likeness (QED) is 0.397. The number of halogens is 3. The minimum atomic E-state index is -3.58. The topological polar surface area (TPSA) is 42.0 Å². The van der Waals surface area contributed by atoms with E-state index in [9.17, 15) is 13.6 Å². The highest BCUT2D eigenvalue weighted by Gasteiger charge is 2.36. The molecule has 1 N–H and O–H groups in total. The molecule has 2 aromatic carbocycles.